The summed E-state index contributed by atoms with van der Waals surface area (Å²) in [5, 5.41) is 19.8. The quantitative estimate of drug-likeness (QED) is 0.398. The lowest BCUT2D eigenvalue weighted by Gasteiger charge is -2.12. The molecule has 0 fully saturated rings. The van der Waals surface area contributed by atoms with Crippen molar-refractivity contribution >= 4 is 5.96 Å². The number of rotatable bonds is 9. The van der Waals surface area contributed by atoms with Gasteiger partial charge in [0.15, 0.2) is 11.8 Å². The Hall–Kier alpha value is -2.38. The van der Waals surface area contributed by atoms with Gasteiger partial charge in [-0.25, -0.2) is 4.99 Å². The molecular formula is C19H34N8. The lowest BCUT2D eigenvalue weighted by atomic mass is 10.1. The van der Waals surface area contributed by atoms with Crippen molar-refractivity contribution in [3.05, 3.63) is 28.6 Å². The van der Waals surface area contributed by atoms with Crippen LogP contribution >= 0.6 is 0 Å². The molecule has 0 aromatic carbocycles. The number of aryl methyl sites for hydroxylation is 3. The number of hydrogen-bond donors (Lipinski definition) is 2. The average Bonchev–Trinajstić information content (AvgIpc) is 3.15. The van der Waals surface area contributed by atoms with Crippen LogP contribution in [0.5, 0.6) is 0 Å². The van der Waals surface area contributed by atoms with Gasteiger partial charge in [0.2, 0.25) is 0 Å². The van der Waals surface area contributed by atoms with Crippen molar-refractivity contribution in [2.45, 2.75) is 66.5 Å². The molecule has 0 aliphatic carbocycles. The SMILES string of the molecule is CCCCNC(=NCc1c(CC)nn(C)c1CC)NCc1nnc(C)n1C. The molecular weight excluding hydrogens is 340 g/mol. The molecule has 150 valence electrons. The number of aliphatic imine (C=N–C) groups is 1. The molecule has 0 saturated carbocycles. The number of nitrogens with zero attached hydrogens (tertiary/aromatic N) is 6. The van der Waals surface area contributed by atoms with Crippen LogP contribution in [0, 0.1) is 6.92 Å². The highest BCUT2D eigenvalue weighted by atomic mass is 15.3. The van der Waals surface area contributed by atoms with E-state index >= 15 is 0 Å². The molecule has 2 aromatic rings. The van der Waals surface area contributed by atoms with Crippen LogP contribution in [0.1, 0.15) is 62.2 Å². The zero-order valence-corrected chi connectivity index (χ0v) is 17.6. The Morgan fingerprint density at radius 1 is 1.07 bits per heavy atom. The molecule has 0 amide bonds. The minimum absolute atomic E-state index is 0.587. The minimum Gasteiger partial charge on any atom is -0.356 e. The number of nitrogens with one attached hydrogen (secondary N) is 2. The molecule has 2 N–H and O–H groups in total. The average molecular weight is 375 g/mol. The van der Waals surface area contributed by atoms with E-state index in [9.17, 15) is 0 Å². The molecule has 0 aliphatic rings. The van der Waals surface area contributed by atoms with Gasteiger partial charge in [0.05, 0.1) is 18.8 Å². The summed E-state index contributed by atoms with van der Waals surface area (Å²) in [7, 11) is 3.99. The van der Waals surface area contributed by atoms with Crippen LogP contribution in [0.4, 0.5) is 0 Å². The molecule has 2 rings (SSSR count). The van der Waals surface area contributed by atoms with Gasteiger partial charge in [0, 0.05) is 31.9 Å². The third kappa shape index (κ3) is 5.30. The number of aromatic nitrogens is 5. The summed E-state index contributed by atoms with van der Waals surface area (Å²) in [6.45, 7) is 10.6. The first-order valence-corrected chi connectivity index (χ1v) is 9.92. The van der Waals surface area contributed by atoms with Crippen LogP contribution in [-0.4, -0.2) is 37.0 Å². The van der Waals surface area contributed by atoms with Gasteiger partial charge in [-0.3, -0.25) is 4.68 Å². The predicted molar refractivity (Wildman–Crippen MR) is 109 cm³/mol. The minimum atomic E-state index is 0.587. The molecule has 0 saturated heterocycles. The van der Waals surface area contributed by atoms with Gasteiger partial charge in [0.25, 0.3) is 0 Å². The summed E-state index contributed by atoms with van der Waals surface area (Å²) in [5.41, 5.74) is 3.64. The fourth-order valence-electron chi connectivity index (χ4n) is 3.06. The number of hydrogen-bond acceptors (Lipinski definition) is 4. The molecule has 0 atom stereocenters. The van der Waals surface area contributed by atoms with Crippen molar-refractivity contribution in [3.63, 3.8) is 0 Å². The van der Waals surface area contributed by atoms with E-state index < -0.39 is 0 Å². The van der Waals surface area contributed by atoms with E-state index in [4.69, 9.17) is 4.99 Å². The fourth-order valence-corrected chi connectivity index (χ4v) is 3.06. The third-order valence-electron chi connectivity index (χ3n) is 4.84. The standard InChI is InChI=1S/C19H34N8/c1-7-10-11-20-19(22-13-18-24-23-14(4)26(18)5)21-12-15-16(8-2)25-27(6)17(15)9-3/h7-13H2,1-6H3,(H2,20,21,22). The second-order valence-corrected chi connectivity index (χ2v) is 6.72. The zero-order chi connectivity index (χ0) is 19.8. The fraction of sp³-hybridized carbons (Fsp3) is 0.684. The molecule has 0 unspecified atom stereocenters. The van der Waals surface area contributed by atoms with E-state index in [1.807, 2.05) is 30.3 Å². The number of guanidine groups is 1. The van der Waals surface area contributed by atoms with Gasteiger partial charge in [-0.15, -0.1) is 10.2 Å². The first-order valence-electron chi connectivity index (χ1n) is 9.92. The predicted octanol–water partition coefficient (Wildman–Crippen LogP) is 2.02. The van der Waals surface area contributed by atoms with Gasteiger partial charge in [-0.05, 0) is 26.2 Å². The first-order chi connectivity index (χ1) is 13.0. The zero-order valence-electron chi connectivity index (χ0n) is 17.6. The molecule has 2 aromatic heterocycles. The third-order valence-corrected chi connectivity index (χ3v) is 4.84. The summed E-state index contributed by atoms with van der Waals surface area (Å²) >= 11 is 0. The summed E-state index contributed by atoms with van der Waals surface area (Å²) in [4.78, 5) is 4.83. The Labute approximate surface area is 162 Å². The van der Waals surface area contributed by atoms with E-state index in [-0.39, 0.29) is 0 Å². The van der Waals surface area contributed by atoms with Gasteiger partial charge in [-0.2, -0.15) is 5.10 Å². The molecule has 0 bridgehead atoms. The number of unbranched alkanes of at least 4 members (excludes halogenated alkanes) is 1. The molecule has 0 aliphatic heterocycles. The normalized spacial score (nSPS) is 11.9. The van der Waals surface area contributed by atoms with Crippen LogP contribution < -0.4 is 10.6 Å². The summed E-state index contributed by atoms with van der Waals surface area (Å²) < 4.78 is 3.98. The summed E-state index contributed by atoms with van der Waals surface area (Å²) in [5.74, 6) is 2.60. The van der Waals surface area contributed by atoms with Crippen molar-refractivity contribution in [1.82, 2.24) is 35.2 Å². The Bertz CT molecular complexity index is 756. The Kier molecular flexibility index (Phi) is 7.82. The maximum atomic E-state index is 4.83. The van der Waals surface area contributed by atoms with Crippen molar-refractivity contribution in [2.75, 3.05) is 6.54 Å². The van der Waals surface area contributed by atoms with Crippen molar-refractivity contribution in [3.8, 4) is 0 Å². The maximum absolute atomic E-state index is 4.83. The summed E-state index contributed by atoms with van der Waals surface area (Å²) in [6, 6.07) is 0. The van der Waals surface area contributed by atoms with Gasteiger partial charge in [0.1, 0.15) is 5.82 Å². The second-order valence-electron chi connectivity index (χ2n) is 6.72. The molecule has 0 radical (unpaired) electrons. The highest BCUT2D eigenvalue weighted by molar-refractivity contribution is 5.79. The Morgan fingerprint density at radius 2 is 1.85 bits per heavy atom. The van der Waals surface area contributed by atoms with Crippen molar-refractivity contribution < 1.29 is 0 Å². The van der Waals surface area contributed by atoms with Gasteiger partial charge < -0.3 is 15.2 Å². The highest BCUT2D eigenvalue weighted by Crippen LogP contribution is 2.16. The van der Waals surface area contributed by atoms with Crippen LogP contribution in [-0.2, 0) is 40.0 Å². The Balaban J connectivity index is 2.14. The van der Waals surface area contributed by atoms with E-state index in [0.29, 0.717) is 13.1 Å². The first kappa shape index (κ1) is 20.9. The second kappa shape index (κ2) is 10.1. The van der Waals surface area contributed by atoms with Gasteiger partial charge in [-0.1, -0.05) is 27.2 Å². The van der Waals surface area contributed by atoms with E-state index in [2.05, 4.69) is 46.7 Å². The van der Waals surface area contributed by atoms with E-state index in [0.717, 1.165) is 55.5 Å². The maximum Gasteiger partial charge on any atom is 0.191 e. The van der Waals surface area contributed by atoms with Crippen LogP contribution in [0.25, 0.3) is 0 Å². The lowest BCUT2D eigenvalue weighted by Crippen LogP contribution is -2.38. The topological polar surface area (TPSA) is 84.9 Å². The molecule has 0 spiro atoms. The van der Waals surface area contributed by atoms with Crippen LogP contribution in [0.2, 0.25) is 0 Å². The van der Waals surface area contributed by atoms with Gasteiger partial charge >= 0.3 is 0 Å². The highest BCUT2D eigenvalue weighted by Gasteiger charge is 2.13. The molecule has 2 heterocycles. The molecule has 8 nitrogen and oxygen atoms in total. The van der Waals surface area contributed by atoms with Crippen LogP contribution in [0.15, 0.2) is 4.99 Å². The van der Waals surface area contributed by atoms with E-state index in [1.165, 1.54) is 11.3 Å². The Morgan fingerprint density at radius 3 is 2.44 bits per heavy atom. The van der Waals surface area contributed by atoms with Crippen LogP contribution in [0.3, 0.4) is 0 Å². The largest absolute Gasteiger partial charge is 0.356 e. The van der Waals surface area contributed by atoms with E-state index in [1.54, 1.807) is 0 Å². The smallest absolute Gasteiger partial charge is 0.191 e. The van der Waals surface area contributed by atoms with Crippen molar-refractivity contribution in [1.29, 1.82) is 0 Å². The lowest BCUT2D eigenvalue weighted by molar-refractivity contribution is 0.694. The monoisotopic (exact) mass is 374 g/mol. The summed E-state index contributed by atoms with van der Waals surface area (Å²) in [6.07, 6.45) is 4.13. The van der Waals surface area contributed by atoms with Crippen molar-refractivity contribution in [2.24, 2.45) is 19.1 Å². The molecule has 8 heteroatoms. The molecule has 27 heavy (non-hydrogen) atoms.